The molecule has 3 aromatic rings. The average molecular weight is 379 g/mol. The van der Waals surface area contributed by atoms with Gasteiger partial charge in [0.2, 0.25) is 10.0 Å². The molecule has 1 aromatic heterocycles. The second-order valence-electron chi connectivity index (χ2n) is 6.46. The van der Waals surface area contributed by atoms with Gasteiger partial charge in [0.25, 0.3) is 0 Å². The lowest BCUT2D eigenvalue weighted by atomic mass is 10.1. The molecule has 6 heteroatoms. The molecule has 0 unspecified atom stereocenters. The van der Waals surface area contributed by atoms with Gasteiger partial charge in [-0.05, 0) is 23.8 Å². The number of sulfonamides is 1. The summed E-state index contributed by atoms with van der Waals surface area (Å²) in [6.07, 6.45) is 3.52. The van der Waals surface area contributed by atoms with Crippen LogP contribution in [-0.2, 0) is 10.0 Å². The van der Waals surface area contributed by atoms with Crippen LogP contribution in [0.25, 0.3) is 11.1 Å². The van der Waals surface area contributed by atoms with Gasteiger partial charge in [-0.15, -0.1) is 0 Å². The van der Waals surface area contributed by atoms with Crippen LogP contribution in [0.5, 0.6) is 0 Å². The minimum atomic E-state index is -3.55. The van der Waals surface area contributed by atoms with Crippen molar-refractivity contribution in [2.75, 3.05) is 31.1 Å². The minimum Gasteiger partial charge on any atom is -0.369 e. The van der Waals surface area contributed by atoms with Gasteiger partial charge in [0, 0.05) is 49.8 Å². The van der Waals surface area contributed by atoms with Crippen LogP contribution in [-0.4, -0.2) is 43.9 Å². The predicted molar refractivity (Wildman–Crippen MR) is 107 cm³/mol. The molecule has 5 nitrogen and oxygen atoms in total. The van der Waals surface area contributed by atoms with Crippen LogP contribution < -0.4 is 4.90 Å². The van der Waals surface area contributed by atoms with Crippen LogP contribution in [0.1, 0.15) is 0 Å². The summed E-state index contributed by atoms with van der Waals surface area (Å²) in [4.78, 5) is 6.60. The van der Waals surface area contributed by atoms with Crippen LogP contribution in [0, 0.1) is 0 Å². The molecule has 0 spiro atoms. The van der Waals surface area contributed by atoms with Gasteiger partial charge in [0.15, 0.2) is 0 Å². The largest absolute Gasteiger partial charge is 0.369 e. The van der Waals surface area contributed by atoms with Crippen LogP contribution in [0.2, 0.25) is 0 Å². The highest BCUT2D eigenvalue weighted by atomic mass is 32.2. The molecule has 0 bridgehead atoms. The molecule has 0 amide bonds. The maximum absolute atomic E-state index is 13.3. The van der Waals surface area contributed by atoms with E-state index in [1.165, 1.54) is 0 Å². The van der Waals surface area contributed by atoms with Gasteiger partial charge < -0.3 is 4.90 Å². The maximum Gasteiger partial charge on any atom is 0.243 e. The van der Waals surface area contributed by atoms with Gasteiger partial charge >= 0.3 is 0 Å². The molecular weight excluding hydrogens is 358 g/mol. The normalized spacial score (nSPS) is 15.6. The molecule has 138 valence electrons. The number of piperazine rings is 1. The minimum absolute atomic E-state index is 0.369. The van der Waals surface area contributed by atoms with E-state index in [-0.39, 0.29) is 0 Å². The number of rotatable bonds is 4. The molecule has 1 aliphatic rings. The van der Waals surface area contributed by atoms with E-state index in [9.17, 15) is 8.42 Å². The molecule has 0 aliphatic carbocycles. The maximum atomic E-state index is 13.3. The van der Waals surface area contributed by atoms with Crippen molar-refractivity contribution in [1.29, 1.82) is 0 Å². The fourth-order valence-corrected chi connectivity index (χ4v) is 5.06. The third-order valence-corrected chi connectivity index (χ3v) is 6.81. The lowest BCUT2D eigenvalue weighted by Gasteiger charge is -2.35. The Morgan fingerprint density at radius 3 is 2.07 bits per heavy atom. The zero-order valence-electron chi connectivity index (χ0n) is 14.9. The van der Waals surface area contributed by atoms with Crippen LogP contribution in [0.15, 0.2) is 84.0 Å². The molecule has 27 heavy (non-hydrogen) atoms. The first-order chi connectivity index (χ1) is 13.2. The Hall–Kier alpha value is -2.70. The summed E-state index contributed by atoms with van der Waals surface area (Å²) in [6.45, 7) is 2.26. The number of benzene rings is 2. The van der Waals surface area contributed by atoms with Gasteiger partial charge in [0.1, 0.15) is 0 Å². The number of aromatic nitrogens is 1. The van der Waals surface area contributed by atoms with E-state index in [0.29, 0.717) is 31.1 Å². The van der Waals surface area contributed by atoms with Crippen molar-refractivity contribution in [3.8, 4) is 11.1 Å². The van der Waals surface area contributed by atoms with Crippen molar-refractivity contribution >= 4 is 15.7 Å². The van der Waals surface area contributed by atoms with Crippen molar-refractivity contribution in [3.63, 3.8) is 0 Å². The lowest BCUT2D eigenvalue weighted by Crippen LogP contribution is -2.48. The second kappa shape index (κ2) is 7.50. The SMILES string of the molecule is O=S(=O)(c1ccccc1-c1ccccc1)N1CCN(c2ccncc2)CC1. The smallest absolute Gasteiger partial charge is 0.243 e. The standard InChI is InChI=1S/C21H21N3O2S/c25-27(26,21-9-5-4-8-20(21)18-6-2-1-3-7-18)24-16-14-23(15-17-24)19-10-12-22-13-11-19/h1-13H,14-17H2. The van der Waals surface area contributed by atoms with Gasteiger partial charge in [-0.25, -0.2) is 8.42 Å². The lowest BCUT2D eigenvalue weighted by molar-refractivity contribution is 0.385. The fourth-order valence-electron chi connectivity index (χ4n) is 3.43. The van der Waals surface area contributed by atoms with E-state index in [1.807, 2.05) is 54.6 Å². The predicted octanol–water partition coefficient (Wildman–Crippen LogP) is 3.26. The van der Waals surface area contributed by atoms with Crippen LogP contribution in [0.4, 0.5) is 5.69 Å². The van der Waals surface area contributed by atoms with Crippen molar-refractivity contribution in [1.82, 2.24) is 9.29 Å². The van der Waals surface area contributed by atoms with Gasteiger partial charge in [0.05, 0.1) is 4.90 Å². The van der Waals surface area contributed by atoms with Crippen molar-refractivity contribution < 1.29 is 8.42 Å². The monoisotopic (exact) mass is 379 g/mol. The number of nitrogens with zero attached hydrogens (tertiary/aromatic N) is 3. The molecule has 0 saturated carbocycles. The third kappa shape index (κ3) is 3.59. The zero-order valence-corrected chi connectivity index (χ0v) is 15.7. The first-order valence-corrected chi connectivity index (χ1v) is 10.4. The summed E-state index contributed by atoms with van der Waals surface area (Å²) in [7, 11) is -3.55. The van der Waals surface area contributed by atoms with Crippen molar-refractivity contribution in [3.05, 3.63) is 79.1 Å². The molecule has 1 fully saturated rings. The van der Waals surface area contributed by atoms with Crippen molar-refractivity contribution in [2.24, 2.45) is 0 Å². The number of pyridine rings is 1. The molecule has 4 rings (SSSR count). The molecule has 0 N–H and O–H groups in total. The van der Waals surface area contributed by atoms with Gasteiger partial charge in [-0.2, -0.15) is 4.31 Å². The summed E-state index contributed by atoms with van der Waals surface area (Å²) < 4.78 is 28.2. The van der Waals surface area contributed by atoms with E-state index in [1.54, 1.807) is 28.8 Å². The Morgan fingerprint density at radius 2 is 1.37 bits per heavy atom. The molecular formula is C21H21N3O2S. The summed E-state index contributed by atoms with van der Waals surface area (Å²) in [6, 6.07) is 20.8. The molecule has 0 radical (unpaired) electrons. The number of anilines is 1. The second-order valence-corrected chi connectivity index (χ2v) is 8.37. The quantitative estimate of drug-likeness (QED) is 0.698. The average Bonchev–Trinajstić information content (AvgIpc) is 2.75. The molecule has 0 atom stereocenters. The Labute approximate surface area is 159 Å². The zero-order chi connectivity index (χ0) is 18.7. The molecule has 2 heterocycles. The number of hydrogen-bond donors (Lipinski definition) is 0. The third-order valence-electron chi connectivity index (χ3n) is 4.86. The van der Waals surface area contributed by atoms with E-state index in [2.05, 4.69) is 9.88 Å². The number of hydrogen-bond acceptors (Lipinski definition) is 4. The first-order valence-electron chi connectivity index (χ1n) is 8.96. The molecule has 1 aliphatic heterocycles. The Balaban J connectivity index is 1.59. The van der Waals surface area contributed by atoms with Crippen molar-refractivity contribution in [2.45, 2.75) is 4.90 Å². The summed E-state index contributed by atoms with van der Waals surface area (Å²) in [5.41, 5.74) is 2.73. The Morgan fingerprint density at radius 1 is 0.741 bits per heavy atom. The van der Waals surface area contributed by atoms with E-state index in [4.69, 9.17) is 0 Å². The summed E-state index contributed by atoms with van der Waals surface area (Å²) in [5.74, 6) is 0. The van der Waals surface area contributed by atoms with Gasteiger partial charge in [-0.1, -0.05) is 48.5 Å². The topological polar surface area (TPSA) is 53.5 Å². The van der Waals surface area contributed by atoms with E-state index < -0.39 is 10.0 Å². The first kappa shape index (κ1) is 17.7. The highest BCUT2D eigenvalue weighted by Gasteiger charge is 2.30. The van der Waals surface area contributed by atoms with Crippen LogP contribution >= 0.6 is 0 Å². The fraction of sp³-hybridized carbons (Fsp3) is 0.190. The van der Waals surface area contributed by atoms with E-state index >= 15 is 0 Å². The summed E-state index contributed by atoms with van der Waals surface area (Å²) >= 11 is 0. The van der Waals surface area contributed by atoms with Crippen LogP contribution in [0.3, 0.4) is 0 Å². The molecule has 1 saturated heterocycles. The highest BCUT2D eigenvalue weighted by molar-refractivity contribution is 7.89. The molecule has 2 aromatic carbocycles. The van der Waals surface area contributed by atoms with Gasteiger partial charge in [-0.3, -0.25) is 4.98 Å². The Kier molecular flexibility index (Phi) is 4.92. The summed E-state index contributed by atoms with van der Waals surface area (Å²) in [5, 5.41) is 0. The van der Waals surface area contributed by atoms with E-state index in [0.717, 1.165) is 16.8 Å². The highest BCUT2D eigenvalue weighted by Crippen LogP contribution is 2.30. The Bertz CT molecular complexity index is 1000.